The molecule has 0 atom stereocenters. The molecule has 0 unspecified atom stereocenters. The van der Waals surface area contributed by atoms with Gasteiger partial charge < -0.3 is 15.2 Å². The van der Waals surface area contributed by atoms with Crippen LogP contribution in [0, 0.1) is 0 Å². The van der Waals surface area contributed by atoms with Gasteiger partial charge in [0.1, 0.15) is 6.54 Å². The number of esters is 1. The van der Waals surface area contributed by atoms with Crippen LogP contribution in [0.4, 0.5) is 5.69 Å². The second-order valence-corrected chi connectivity index (χ2v) is 5.40. The van der Waals surface area contributed by atoms with Gasteiger partial charge >= 0.3 is 5.97 Å². The van der Waals surface area contributed by atoms with Crippen molar-refractivity contribution in [2.45, 2.75) is 6.92 Å². The Labute approximate surface area is 139 Å². The van der Waals surface area contributed by atoms with Crippen molar-refractivity contribution in [3.05, 3.63) is 28.8 Å². The molecule has 0 spiro atoms. The number of rotatable bonds is 5. The minimum atomic E-state index is -0.479. The molecule has 8 heteroatoms. The highest BCUT2D eigenvalue weighted by molar-refractivity contribution is 6.31. The predicted octanol–water partition coefficient (Wildman–Crippen LogP) is 1.17. The molecule has 1 saturated heterocycles. The lowest BCUT2D eigenvalue weighted by molar-refractivity contribution is -0.150. The van der Waals surface area contributed by atoms with Crippen molar-refractivity contribution in [2.24, 2.45) is 0 Å². The Kier molecular flexibility index (Phi) is 6.20. The van der Waals surface area contributed by atoms with Crippen LogP contribution in [0.15, 0.2) is 18.2 Å². The third kappa shape index (κ3) is 4.57. The van der Waals surface area contributed by atoms with Gasteiger partial charge in [-0.05, 0) is 25.1 Å². The van der Waals surface area contributed by atoms with Crippen molar-refractivity contribution in [3.63, 3.8) is 0 Å². The molecule has 1 fully saturated rings. The number of carbonyl (C=O) groups is 2. The summed E-state index contributed by atoms with van der Waals surface area (Å²) in [6, 6.07) is 4.67. The van der Waals surface area contributed by atoms with Crippen LogP contribution in [-0.4, -0.2) is 61.3 Å². The van der Waals surface area contributed by atoms with Gasteiger partial charge in [-0.1, -0.05) is 11.6 Å². The zero-order chi connectivity index (χ0) is 16.8. The number of carbonyl (C=O) groups excluding carboxylic acids is 2. The van der Waals surface area contributed by atoms with Crippen molar-refractivity contribution in [3.8, 4) is 0 Å². The molecule has 0 saturated carbocycles. The number of ether oxygens (including phenoxy) is 2. The Morgan fingerprint density at radius 1 is 1.39 bits per heavy atom. The van der Waals surface area contributed by atoms with E-state index in [9.17, 15) is 9.59 Å². The molecule has 0 radical (unpaired) electrons. The fourth-order valence-corrected chi connectivity index (χ4v) is 2.45. The molecule has 1 aromatic carbocycles. The van der Waals surface area contributed by atoms with E-state index in [1.807, 2.05) is 0 Å². The molecule has 2 N–H and O–H groups in total. The van der Waals surface area contributed by atoms with E-state index in [1.54, 1.807) is 24.1 Å². The molecule has 1 amide bonds. The van der Waals surface area contributed by atoms with E-state index >= 15 is 0 Å². The Morgan fingerprint density at radius 2 is 2.09 bits per heavy atom. The number of nitrogens with zero attached hydrogens (tertiary/aromatic N) is 2. The lowest BCUT2D eigenvalue weighted by Crippen LogP contribution is -2.53. The quantitative estimate of drug-likeness (QED) is 0.639. The fraction of sp³-hybridized carbons (Fsp3) is 0.467. The smallest absolute Gasteiger partial charge is 0.327 e. The minimum absolute atomic E-state index is 0.182. The van der Waals surface area contributed by atoms with Gasteiger partial charge in [0.05, 0.1) is 25.4 Å². The summed E-state index contributed by atoms with van der Waals surface area (Å²) in [5, 5.41) is 3.52. The number of benzene rings is 1. The van der Waals surface area contributed by atoms with Crippen LogP contribution in [0.3, 0.4) is 0 Å². The first-order valence-corrected chi connectivity index (χ1v) is 7.76. The maximum atomic E-state index is 12.9. The van der Waals surface area contributed by atoms with Gasteiger partial charge in [0.2, 0.25) is 0 Å². The number of halogens is 1. The van der Waals surface area contributed by atoms with E-state index in [2.05, 4.69) is 0 Å². The molecule has 1 heterocycles. The van der Waals surface area contributed by atoms with Gasteiger partial charge in [-0.25, -0.2) is 5.01 Å². The molecule has 2 rings (SSSR count). The van der Waals surface area contributed by atoms with Gasteiger partial charge in [-0.3, -0.25) is 14.6 Å². The lowest BCUT2D eigenvalue weighted by atomic mass is 10.1. The second-order valence-electron chi connectivity index (χ2n) is 4.97. The molecule has 23 heavy (non-hydrogen) atoms. The van der Waals surface area contributed by atoms with Crippen LogP contribution in [-0.2, 0) is 14.3 Å². The first kappa shape index (κ1) is 17.5. The number of hydrogen-bond donors (Lipinski definition) is 1. The summed E-state index contributed by atoms with van der Waals surface area (Å²) < 4.78 is 10.2. The molecule has 1 aliphatic heterocycles. The number of nitrogen functional groups attached to an aromatic ring is 1. The molecule has 0 aliphatic carbocycles. The average molecular weight is 342 g/mol. The molecule has 126 valence electrons. The maximum absolute atomic E-state index is 12.9. The molecule has 0 aromatic heterocycles. The molecule has 1 aliphatic rings. The SMILES string of the molecule is CCOC(=O)CN(C(=O)c1cc(Cl)ccc1N)N1CCOCC1. The van der Waals surface area contributed by atoms with E-state index in [4.69, 9.17) is 26.8 Å². The standard InChI is InChI=1S/C15H20ClN3O4/c1-2-23-14(20)10-19(18-5-7-22-8-6-18)15(21)12-9-11(16)3-4-13(12)17/h3-4,9H,2,5-8,10,17H2,1H3. The van der Waals surface area contributed by atoms with Crippen molar-refractivity contribution in [2.75, 3.05) is 45.2 Å². The van der Waals surface area contributed by atoms with E-state index in [0.29, 0.717) is 37.0 Å². The van der Waals surface area contributed by atoms with Crippen molar-refractivity contribution >= 4 is 29.2 Å². The van der Waals surface area contributed by atoms with E-state index in [-0.39, 0.29) is 24.6 Å². The normalized spacial score (nSPS) is 15.2. The van der Waals surface area contributed by atoms with Crippen LogP contribution in [0.2, 0.25) is 5.02 Å². The van der Waals surface area contributed by atoms with Crippen LogP contribution >= 0.6 is 11.6 Å². The number of nitrogens with two attached hydrogens (primary N) is 1. The summed E-state index contributed by atoms with van der Waals surface area (Å²) in [7, 11) is 0. The summed E-state index contributed by atoms with van der Waals surface area (Å²) in [4.78, 5) is 24.7. The zero-order valence-electron chi connectivity index (χ0n) is 13.0. The first-order chi connectivity index (χ1) is 11.0. The van der Waals surface area contributed by atoms with Crippen molar-refractivity contribution in [1.82, 2.24) is 10.0 Å². The fourth-order valence-electron chi connectivity index (χ4n) is 2.28. The number of morpholine rings is 1. The topological polar surface area (TPSA) is 85.1 Å². The van der Waals surface area contributed by atoms with Crippen molar-refractivity contribution in [1.29, 1.82) is 0 Å². The molecule has 0 bridgehead atoms. The van der Waals surface area contributed by atoms with Gasteiger partial charge in [0.25, 0.3) is 5.91 Å². The number of hydrazine groups is 1. The molecule has 7 nitrogen and oxygen atoms in total. The Balaban J connectivity index is 2.25. The predicted molar refractivity (Wildman–Crippen MR) is 85.9 cm³/mol. The largest absolute Gasteiger partial charge is 0.465 e. The van der Waals surface area contributed by atoms with E-state index < -0.39 is 5.97 Å². The van der Waals surface area contributed by atoms with Crippen LogP contribution in [0.5, 0.6) is 0 Å². The van der Waals surface area contributed by atoms with Crippen LogP contribution in [0.1, 0.15) is 17.3 Å². The third-order valence-corrected chi connectivity index (χ3v) is 3.63. The number of hydrogen-bond acceptors (Lipinski definition) is 6. The highest BCUT2D eigenvalue weighted by Crippen LogP contribution is 2.21. The van der Waals surface area contributed by atoms with Crippen LogP contribution < -0.4 is 5.73 Å². The minimum Gasteiger partial charge on any atom is -0.465 e. The highest BCUT2D eigenvalue weighted by atomic mass is 35.5. The van der Waals surface area contributed by atoms with E-state index in [1.165, 1.54) is 11.1 Å². The monoisotopic (exact) mass is 341 g/mol. The Morgan fingerprint density at radius 3 is 2.74 bits per heavy atom. The third-order valence-electron chi connectivity index (χ3n) is 3.39. The molecular formula is C15H20ClN3O4. The average Bonchev–Trinajstić information content (AvgIpc) is 2.55. The van der Waals surface area contributed by atoms with Gasteiger partial charge in [0, 0.05) is 23.8 Å². The number of anilines is 1. The highest BCUT2D eigenvalue weighted by Gasteiger charge is 2.28. The van der Waals surface area contributed by atoms with Crippen LogP contribution in [0.25, 0.3) is 0 Å². The summed E-state index contributed by atoms with van der Waals surface area (Å²) >= 11 is 5.96. The van der Waals surface area contributed by atoms with Gasteiger partial charge in [-0.15, -0.1) is 0 Å². The summed E-state index contributed by atoms with van der Waals surface area (Å²) in [5.74, 6) is -0.868. The lowest BCUT2D eigenvalue weighted by Gasteiger charge is -2.36. The van der Waals surface area contributed by atoms with Crippen molar-refractivity contribution < 1.29 is 19.1 Å². The summed E-state index contributed by atoms with van der Waals surface area (Å²) in [6.07, 6.45) is 0. The van der Waals surface area contributed by atoms with Gasteiger partial charge in [0.15, 0.2) is 0 Å². The summed E-state index contributed by atoms with van der Waals surface area (Å²) in [5.41, 5.74) is 6.45. The Bertz CT molecular complexity index is 576. The first-order valence-electron chi connectivity index (χ1n) is 7.38. The number of amides is 1. The second kappa shape index (κ2) is 8.14. The molecular weight excluding hydrogens is 322 g/mol. The maximum Gasteiger partial charge on any atom is 0.327 e. The summed E-state index contributed by atoms with van der Waals surface area (Å²) in [6.45, 7) is 3.77. The molecule has 1 aromatic rings. The van der Waals surface area contributed by atoms with Gasteiger partial charge in [-0.2, -0.15) is 0 Å². The zero-order valence-corrected chi connectivity index (χ0v) is 13.7. The van der Waals surface area contributed by atoms with E-state index in [0.717, 1.165) is 0 Å². The Hall–Kier alpha value is -1.83.